The van der Waals surface area contributed by atoms with Crippen molar-refractivity contribution in [3.8, 4) is 11.4 Å². The fraction of sp³-hybridized carbons (Fsp3) is 0.500. The van der Waals surface area contributed by atoms with Crippen molar-refractivity contribution in [2.24, 2.45) is 5.92 Å². The molecule has 0 fully saturated rings. The van der Waals surface area contributed by atoms with Gasteiger partial charge in [-0.1, -0.05) is 24.2 Å². The van der Waals surface area contributed by atoms with Gasteiger partial charge in [0.05, 0.1) is 23.1 Å². The van der Waals surface area contributed by atoms with E-state index >= 15 is 0 Å². The van der Waals surface area contributed by atoms with Gasteiger partial charge < -0.3 is 4.52 Å². The highest BCUT2D eigenvalue weighted by Crippen LogP contribution is 2.32. The fourth-order valence-corrected chi connectivity index (χ4v) is 4.07. The van der Waals surface area contributed by atoms with Crippen LogP contribution in [-0.2, 0) is 19.4 Å². The largest absolute Gasteiger partial charge is 0.339 e. The number of hydrogen-bond acceptors (Lipinski definition) is 7. The summed E-state index contributed by atoms with van der Waals surface area (Å²) in [5, 5.41) is 17.4. The van der Waals surface area contributed by atoms with Crippen molar-refractivity contribution >= 4 is 5.65 Å². The summed E-state index contributed by atoms with van der Waals surface area (Å²) in [4.78, 5) is 9.33. The van der Waals surface area contributed by atoms with Gasteiger partial charge in [-0.3, -0.25) is 0 Å². The highest BCUT2D eigenvalue weighted by atomic mass is 16.5. The van der Waals surface area contributed by atoms with Gasteiger partial charge in [0.2, 0.25) is 11.7 Å². The second kappa shape index (κ2) is 6.75. The molecule has 0 amide bonds. The van der Waals surface area contributed by atoms with E-state index < -0.39 is 0 Å². The molecule has 0 bridgehead atoms. The molecule has 0 saturated carbocycles. The predicted octanol–water partition coefficient (Wildman–Crippen LogP) is 2.92. The Morgan fingerprint density at radius 3 is 2.93 bits per heavy atom. The summed E-state index contributed by atoms with van der Waals surface area (Å²) in [6.45, 7) is 9.23. The Balaban J connectivity index is 1.45. The Morgan fingerprint density at radius 1 is 1.24 bits per heavy atom. The van der Waals surface area contributed by atoms with Crippen LogP contribution in [0.15, 0.2) is 16.8 Å². The molecule has 5 rings (SSSR count). The standard InChI is InChI=1S/C20H24N8O/c1-11(2)10-27-17-8-14(5-6-16(17)24-26-27)20-23-18(25-29-20)15-9-21-28-13(4)7-12(3)22-19(15)28/h7,9,11,14H,5-6,8,10H2,1-4H3. The summed E-state index contributed by atoms with van der Waals surface area (Å²) in [5.74, 6) is 1.89. The molecule has 4 aromatic heterocycles. The first-order valence-electron chi connectivity index (χ1n) is 10.1. The third-order valence-corrected chi connectivity index (χ3v) is 5.44. The summed E-state index contributed by atoms with van der Waals surface area (Å²) in [6, 6.07) is 2.00. The van der Waals surface area contributed by atoms with Gasteiger partial charge in [-0.05, 0) is 38.7 Å². The number of fused-ring (bicyclic) bond motifs is 2. The van der Waals surface area contributed by atoms with Crippen molar-refractivity contribution in [2.75, 3.05) is 0 Å². The minimum absolute atomic E-state index is 0.173. The lowest BCUT2D eigenvalue weighted by molar-refractivity contribution is 0.336. The molecule has 1 aliphatic rings. The Hall–Kier alpha value is -3.10. The van der Waals surface area contributed by atoms with Crippen LogP contribution >= 0.6 is 0 Å². The zero-order valence-electron chi connectivity index (χ0n) is 17.1. The van der Waals surface area contributed by atoms with Gasteiger partial charge in [-0.2, -0.15) is 10.1 Å². The van der Waals surface area contributed by atoms with Gasteiger partial charge >= 0.3 is 0 Å². The molecule has 0 saturated heterocycles. The van der Waals surface area contributed by atoms with E-state index in [1.165, 1.54) is 5.69 Å². The van der Waals surface area contributed by atoms with Gasteiger partial charge in [0, 0.05) is 30.3 Å². The number of hydrogen-bond donors (Lipinski definition) is 0. The molecule has 1 unspecified atom stereocenters. The van der Waals surface area contributed by atoms with E-state index in [9.17, 15) is 0 Å². The quantitative estimate of drug-likeness (QED) is 0.526. The Bertz CT molecular complexity index is 1180. The lowest BCUT2D eigenvalue weighted by Gasteiger charge is -2.19. The van der Waals surface area contributed by atoms with Gasteiger partial charge in [0.25, 0.3) is 0 Å². The topological polar surface area (TPSA) is 99.8 Å². The minimum Gasteiger partial charge on any atom is -0.339 e. The van der Waals surface area contributed by atoms with Crippen molar-refractivity contribution in [1.29, 1.82) is 0 Å². The Kier molecular flexibility index (Phi) is 4.18. The maximum absolute atomic E-state index is 5.67. The summed E-state index contributed by atoms with van der Waals surface area (Å²) < 4.78 is 9.51. The van der Waals surface area contributed by atoms with E-state index in [0.29, 0.717) is 17.6 Å². The first kappa shape index (κ1) is 18.0. The zero-order chi connectivity index (χ0) is 20.1. The van der Waals surface area contributed by atoms with Crippen LogP contribution in [0.2, 0.25) is 0 Å². The van der Waals surface area contributed by atoms with Crippen LogP contribution in [0.5, 0.6) is 0 Å². The van der Waals surface area contributed by atoms with E-state index in [0.717, 1.165) is 54.1 Å². The van der Waals surface area contributed by atoms with E-state index in [4.69, 9.17) is 9.51 Å². The van der Waals surface area contributed by atoms with Crippen molar-refractivity contribution in [2.45, 2.75) is 59.4 Å². The van der Waals surface area contributed by atoms with Crippen molar-refractivity contribution in [3.05, 3.63) is 40.9 Å². The maximum Gasteiger partial charge on any atom is 0.230 e. The third-order valence-electron chi connectivity index (χ3n) is 5.44. The normalized spacial score (nSPS) is 16.7. The third kappa shape index (κ3) is 3.10. The van der Waals surface area contributed by atoms with Crippen molar-refractivity contribution < 1.29 is 4.52 Å². The highest BCUT2D eigenvalue weighted by Gasteiger charge is 2.29. The summed E-state index contributed by atoms with van der Waals surface area (Å²) >= 11 is 0. The van der Waals surface area contributed by atoms with E-state index in [-0.39, 0.29) is 5.92 Å². The highest BCUT2D eigenvalue weighted by molar-refractivity contribution is 5.72. The van der Waals surface area contributed by atoms with Gasteiger partial charge in [-0.25, -0.2) is 14.2 Å². The smallest absolute Gasteiger partial charge is 0.230 e. The monoisotopic (exact) mass is 392 g/mol. The van der Waals surface area contributed by atoms with E-state index in [1.807, 2.05) is 24.6 Å². The second-order valence-electron chi connectivity index (χ2n) is 8.29. The van der Waals surface area contributed by atoms with E-state index in [1.54, 1.807) is 10.7 Å². The Morgan fingerprint density at radius 2 is 2.10 bits per heavy atom. The first-order chi connectivity index (χ1) is 14.0. The molecule has 1 atom stereocenters. The van der Waals surface area contributed by atoms with Crippen LogP contribution < -0.4 is 0 Å². The molecule has 4 heterocycles. The van der Waals surface area contributed by atoms with Crippen LogP contribution in [0.25, 0.3) is 17.0 Å². The summed E-state index contributed by atoms with van der Waals surface area (Å²) in [5.41, 5.74) is 5.78. The molecule has 0 aliphatic heterocycles. The van der Waals surface area contributed by atoms with Crippen LogP contribution in [0.4, 0.5) is 0 Å². The average molecular weight is 392 g/mol. The molecule has 0 aromatic carbocycles. The molecule has 1 aliphatic carbocycles. The molecular formula is C20H24N8O. The van der Waals surface area contributed by atoms with Crippen LogP contribution in [-0.4, -0.2) is 39.7 Å². The molecule has 150 valence electrons. The molecule has 0 radical (unpaired) electrons. The molecule has 0 spiro atoms. The summed E-state index contributed by atoms with van der Waals surface area (Å²) in [7, 11) is 0. The minimum atomic E-state index is 0.173. The van der Waals surface area contributed by atoms with Gasteiger partial charge in [-0.15, -0.1) is 5.10 Å². The van der Waals surface area contributed by atoms with Gasteiger partial charge in [0.1, 0.15) is 0 Å². The average Bonchev–Trinajstić information content (AvgIpc) is 3.39. The van der Waals surface area contributed by atoms with E-state index in [2.05, 4.69) is 39.4 Å². The van der Waals surface area contributed by atoms with Crippen molar-refractivity contribution in [3.63, 3.8) is 0 Å². The number of aryl methyl sites for hydroxylation is 3. The SMILES string of the molecule is Cc1cc(C)n2ncc(-c3noc(C4CCc5nnn(CC(C)C)c5C4)n3)c2n1. The second-order valence-corrected chi connectivity index (χ2v) is 8.29. The lowest BCUT2D eigenvalue weighted by atomic mass is 9.89. The Labute approximate surface area is 168 Å². The fourth-order valence-electron chi connectivity index (χ4n) is 4.07. The van der Waals surface area contributed by atoms with Crippen molar-refractivity contribution in [1.82, 2.24) is 39.7 Å². The van der Waals surface area contributed by atoms with Crippen LogP contribution in [0.3, 0.4) is 0 Å². The van der Waals surface area contributed by atoms with Crippen LogP contribution in [0.1, 0.15) is 54.9 Å². The van der Waals surface area contributed by atoms with Crippen LogP contribution in [0, 0.1) is 19.8 Å². The summed E-state index contributed by atoms with van der Waals surface area (Å²) in [6.07, 6.45) is 4.39. The molecule has 0 N–H and O–H groups in total. The number of rotatable bonds is 4. The molecule has 29 heavy (non-hydrogen) atoms. The molecule has 9 heteroatoms. The number of nitrogens with zero attached hydrogens (tertiary/aromatic N) is 8. The zero-order valence-corrected chi connectivity index (χ0v) is 17.1. The molecule has 9 nitrogen and oxygen atoms in total. The maximum atomic E-state index is 5.67. The molecular weight excluding hydrogens is 368 g/mol. The van der Waals surface area contributed by atoms with Gasteiger partial charge in [0.15, 0.2) is 5.65 Å². The first-order valence-corrected chi connectivity index (χ1v) is 10.1. The molecule has 4 aromatic rings. The number of aromatic nitrogens is 8. The predicted molar refractivity (Wildman–Crippen MR) is 105 cm³/mol. The lowest BCUT2D eigenvalue weighted by Crippen LogP contribution is -2.18.